The molecule has 0 spiro atoms. The second kappa shape index (κ2) is 14.1. The van der Waals surface area contributed by atoms with Crippen LogP contribution >= 0.6 is 11.3 Å². The Morgan fingerprint density at radius 1 is 1.21 bits per heavy atom. The fourth-order valence-electron chi connectivity index (χ4n) is 5.22. The molecule has 2 atom stereocenters. The minimum atomic E-state index is -0.332. The van der Waals surface area contributed by atoms with E-state index in [0.29, 0.717) is 41.2 Å². The zero-order valence-electron chi connectivity index (χ0n) is 23.9. The van der Waals surface area contributed by atoms with Gasteiger partial charge in [0.2, 0.25) is 0 Å². The number of ether oxygens (including phenoxy) is 2. The molecule has 2 heterocycles. The number of para-hydroxylation sites is 1. The van der Waals surface area contributed by atoms with Crippen LogP contribution in [0.1, 0.15) is 29.8 Å². The number of methoxy groups -OCH3 is 1. The average molecular weight is 590 g/mol. The summed E-state index contributed by atoms with van der Waals surface area (Å²) in [5.74, 6) is 1.85. The van der Waals surface area contributed by atoms with E-state index >= 15 is 0 Å². The molecule has 2 aliphatic carbocycles. The molecule has 1 saturated heterocycles. The van der Waals surface area contributed by atoms with Gasteiger partial charge in [0.1, 0.15) is 5.82 Å². The number of urea groups is 1. The highest BCUT2D eigenvalue weighted by molar-refractivity contribution is 7.16. The van der Waals surface area contributed by atoms with Gasteiger partial charge in [0.05, 0.1) is 31.5 Å². The predicted octanol–water partition coefficient (Wildman–Crippen LogP) is 4.52. The summed E-state index contributed by atoms with van der Waals surface area (Å²) in [5.41, 5.74) is 9.02. The number of anilines is 2. The molecule has 6 N–H and O–H groups in total. The number of nitrogens with one attached hydrogen (secondary N) is 4. The number of fused-ring (bicyclic) bond motifs is 1. The van der Waals surface area contributed by atoms with Gasteiger partial charge in [-0.05, 0) is 68.9 Å². The molecule has 222 valence electrons. The highest BCUT2D eigenvalue weighted by atomic mass is 32.1. The summed E-state index contributed by atoms with van der Waals surface area (Å²) in [6, 6.07) is 8.68. The first kappa shape index (κ1) is 29.3. The van der Waals surface area contributed by atoms with Crippen molar-refractivity contribution in [3.05, 3.63) is 94.8 Å². The van der Waals surface area contributed by atoms with E-state index in [1.165, 1.54) is 37.3 Å². The first-order valence-electron chi connectivity index (χ1n) is 14.3. The minimum Gasteiger partial charge on any atom is -0.493 e. The number of hydrogen-bond acceptors (Lipinski definition) is 9. The summed E-state index contributed by atoms with van der Waals surface area (Å²) in [7, 11) is 1.64. The summed E-state index contributed by atoms with van der Waals surface area (Å²) in [5, 5.41) is 12.9. The van der Waals surface area contributed by atoms with Crippen LogP contribution in [0.25, 0.3) is 6.08 Å². The number of rotatable bonds is 12. The lowest BCUT2D eigenvalue weighted by atomic mass is 9.98. The largest absolute Gasteiger partial charge is 0.493 e. The number of benzene rings is 1. The highest BCUT2D eigenvalue weighted by Gasteiger charge is 2.25. The van der Waals surface area contributed by atoms with Gasteiger partial charge in [0.25, 0.3) is 0 Å². The molecule has 5 rings (SSSR count). The third kappa shape index (κ3) is 7.54. The van der Waals surface area contributed by atoms with Crippen LogP contribution in [0.2, 0.25) is 0 Å². The molecule has 3 aliphatic rings. The molecule has 1 aromatic carbocycles. The number of thiazole rings is 1. The molecule has 1 aromatic heterocycles. The van der Waals surface area contributed by atoms with E-state index < -0.39 is 0 Å². The molecule has 2 amide bonds. The summed E-state index contributed by atoms with van der Waals surface area (Å²) < 4.78 is 11.8. The van der Waals surface area contributed by atoms with Crippen molar-refractivity contribution < 1.29 is 14.3 Å². The lowest BCUT2D eigenvalue weighted by molar-refractivity contribution is 0.161. The van der Waals surface area contributed by atoms with Crippen molar-refractivity contribution in [1.82, 2.24) is 20.5 Å². The molecule has 0 radical (unpaired) electrons. The van der Waals surface area contributed by atoms with E-state index in [2.05, 4.69) is 37.7 Å². The lowest BCUT2D eigenvalue weighted by Gasteiger charge is -2.27. The molecular formula is C31H39N7O3S. The maximum absolute atomic E-state index is 12.4. The van der Waals surface area contributed by atoms with Gasteiger partial charge >= 0.3 is 6.03 Å². The van der Waals surface area contributed by atoms with Crippen molar-refractivity contribution in [2.75, 3.05) is 44.0 Å². The third-order valence-electron chi connectivity index (χ3n) is 7.30. The molecule has 2 aromatic rings. The molecule has 10 nitrogen and oxygen atoms in total. The van der Waals surface area contributed by atoms with Crippen LogP contribution in [-0.4, -0.2) is 61.3 Å². The number of carbonyl (C=O) groups is 1. The van der Waals surface area contributed by atoms with Crippen molar-refractivity contribution in [2.24, 2.45) is 5.73 Å². The van der Waals surface area contributed by atoms with Crippen LogP contribution in [0, 0.1) is 0 Å². The molecule has 0 saturated carbocycles. The van der Waals surface area contributed by atoms with Crippen molar-refractivity contribution in [3.63, 3.8) is 0 Å². The zero-order valence-corrected chi connectivity index (χ0v) is 24.7. The molecule has 11 heteroatoms. The van der Waals surface area contributed by atoms with Crippen molar-refractivity contribution in [1.29, 1.82) is 0 Å². The van der Waals surface area contributed by atoms with Gasteiger partial charge in [-0.15, -0.1) is 11.3 Å². The Morgan fingerprint density at radius 3 is 2.79 bits per heavy atom. The van der Waals surface area contributed by atoms with Crippen molar-refractivity contribution >= 4 is 34.3 Å². The summed E-state index contributed by atoms with van der Waals surface area (Å²) in [4.78, 5) is 20.5. The van der Waals surface area contributed by atoms with Gasteiger partial charge in [0.15, 0.2) is 16.6 Å². The van der Waals surface area contributed by atoms with Gasteiger partial charge in [-0.2, -0.15) is 0 Å². The van der Waals surface area contributed by atoms with Gasteiger partial charge < -0.3 is 36.1 Å². The maximum atomic E-state index is 12.4. The van der Waals surface area contributed by atoms with Crippen LogP contribution in [-0.2, 0) is 15.9 Å². The Balaban J connectivity index is 1.20. The van der Waals surface area contributed by atoms with Crippen LogP contribution in [0.5, 0.6) is 0 Å². The van der Waals surface area contributed by atoms with Gasteiger partial charge in [0, 0.05) is 29.1 Å². The van der Waals surface area contributed by atoms with E-state index in [1.807, 2.05) is 54.6 Å². The number of aromatic nitrogens is 1. The number of nitrogens with zero attached hydrogens (tertiary/aromatic N) is 2. The number of amides is 2. The first-order chi connectivity index (χ1) is 20.5. The predicted molar refractivity (Wildman–Crippen MR) is 169 cm³/mol. The smallest absolute Gasteiger partial charge is 0.325 e. The minimum absolute atomic E-state index is 0.0487. The molecule has 1 fully saturated rings. The van der Waals surface area contributed by atoms with Crippen LogP contribution in [0.15, 0.2) is 84.3 Å². The van der Waals surface area contributed by atoms with E-state index in [1.54, 1.807) is 13.3 Å². The quantitative estimate of drug-likeness (QED) is 0.229. The summed E-state index contributed by atoms with van der Waals surface area (Å²) in [6.07, 6.45) is 13.8. The average Bonchev–Trinajstić information content (AvgIpc) is 3.65. The third-order valence-corrected chi connectivity index (χ3v) is 8.31. The molecule has 0 bridgehead atoms. The fraction of sp³-hybridized carbons (Fsp3) is 0.355. The first-order valence-corrected chi connectivity index (χ1v) is 15.1. The standard InChI is InChI=1S/C31H39N7O3S/c1-3-33-25-20-27(41-17-9-16-38-14-7-8-15-38)26(40-2)19-23(25)29(32)34-22-12-13-24-28(18-22)42-31(36-24)37-30(39)35-21-10-5-4-6-11-21/h3-6,10-13,19-20,22,25,33-34H,1,7-9,14-18,32H2,2H3,(H2,35,36,37,39)/b29-23+. The normalized spacial score (nSPS) is 21.0. The van der Waals surface area contributed by atoms with E-state index in [-0.39, 0.29) is 18.1 Å². The Hall–Kier alpha value is -4.22. The number of nitrogens with two attached hydrogens (primary N) is 1. The monoisotopic (exact) mass is 589 g/mol. The Bertz CT molecular complexity index is 1380. The lowest BCUT2D eigenvalue weighted by Crippen LogP contribution is -2.38. The zero-order chi connectivity index (χ0) is 29.3. The van der Waals surface area contributed by atoms with Crippen molar-refractivity contribution in [2.45, 2.75) is 37.8 Å². The Labute approximate surface area is 251 Å². The van der Waals surface area contributed by atoms with E-state index in [9.17, 15) is 4.79 Å². The number of hydrogen-bond donors (Lipinski definition) is 5. The van der Waals surface area contributed by atoms with Gasteiger partial charge in [-0.3, -0.25) is 5.32 Å². The topological polar surface area (TPSA) is 126 Å². The fourth-order valence-corrected chi connectivity index (χ4v) is 6.22. The Kier molecular flexibility index (Phi) is 9.83. The second-order valence-electron chi connectivity index (χ2n) is 10.3. The summed E-state index contributed by atoms with van der Waals surface area (Å²) >= 11 is 1.45. The highest BCUT2D eigenvalue weighted by Crippen LogP contribution is 2.30. The van der Waals surface area contributed by atoms with E-state index in [4.69, 9.17) is 15.2 Å². The molecule has 2 unspecified atom stereocenters. The van der Waals surface area contributed by atoms with Crippen LogP contribution in [0.4, 0.5) is 15.6 Å². The van der Waals surface area contributed by atoms with Crippen LogP contribution < -0.4 is 27.0 Å². The SMILES string of the molecule is C=CNC1C=C(OCCCN2CCCC2)C(OC)=C/C1=C(/N)NC1C=Cc2nc(NC(=O)Nc3ccccc3)sc2C1. The van der Waals surface area contributed by atoms with Gasteiger partial charge in [-0.25, -0.2) is 9.78 Å². The molecule has 1 aliphatic heterocycles. The second-order valence-corrected chi connectivity index (χ2v) is 11.4. The maximum Gasteiger partial charge on any atom is 0.325 e. The number of carbonyl (C=O) groups excluding carboxylic acids is 1. The van der Waals surface area contributed by atoms with Crippen LogP contribution in [0.3, 0.4) is 0 Å². The summed E-state index contributed by atoms with van der Waals surface area (Å²) in [6.45, 7) is 7.87. The molecule has 42 heavy (non-hydrogen) atoms. The molecular weight excluding hydrogens is 550 g/mol. The Morgan fingerprint density at radius 2 is 2.02 bits per heavy atom. The van der Waals surface area contributed by atoms with Crippen molar-refractivity contribution in [3.8, 4) is 0 Å². The van der Waals surface area contributed by atoms with E-state index in [0.717, 1.165) is 29.1 Å². The number of likely N-dealkylation sites (tertiary alicyclic amines) is 1. The van der Waals surface area contributed by atoms with Gasteiger partial charge in [-0.1, -0.05) is 30.9 Å².